The molecule has 138 valence electrons. The minimum absolute atomic E-state index is 0.321. The van der Waals surface area contributed by atoms with Gasteiger partial charge in [0.25, 0.3) is 5.91 Å². The Morgan fingerprint density at radius 2 is 1.65 bits per heavy atom. The number of likely N-dealkylation sites (N-methyl/N-ethyl adjacent to an activating group) is 1. The van der Waals surface area contributed by atoms with Crippen LogP contribution >= 0.6 is 0 Å². The Balaban J connectivity index is 2.21. The zero-order chi connectivity index (χ0) is 19.1. The number of anilines is 1. The van der Waals surface area contributed by atoms with E-state index in [1.165, 1.54) is 7.05 Å². The number of quaternary nitrogens is 1. The number of nitrogens with one attached hydrogen (secondary N) is 3. The van der Waals surface area contributed by atoms with Crippen LogP contribution in [0.2, 0.25) is 0 Å². The van der Waals surface area contributed by atoms with Gasteiger partial charge in [0.1, 0.15) is 6.54 Å². The molecule has 3 amide bonds. The van der Waals surface area contributed by atoms with Crippen LogP contribution in [0.25, 0.3) is 0 Å². The normalized spacial score (nSPS) is 12.8. The van der Waals surface area contributed by atoms with Crippen molar-refractivity contribution in [1.82, 2.24) is 10.6 Å². The molecule has 0 aromatic heterocycles. The Kier molecular flexibility index (Phi) is 6.74. The van der Waals surface area contributed by atoms with Gasteiger partial charge in [-0.1, -0.05) is 42.5 Å². The predicted molar refractivity (Wildman–Crippen MR) is 103 cm³/mol. The van der Waals surface area contributed by atoms with Gasteiger partial charge in [0.05, 0.1) is 7.05 Å². The van der Waals surface area contributed by atoms with E-state index in [9.17, 15) is 9.59 Å². The second-order valence-electron chi connectivity index (χ2n) is 6.50. The number of benzene rings is 2. The maximum Gasteiger partial charge on any atom is 0.321 e. The van der Waals surface area contributed by atoms with Crippen molar-refractivity contribution in [1.29, 1.82) is 0 Å². The van der Waals surface area contributed by atoms with Crippen LogP contribution in [0.3, 0.4) is 0 Å². The molecular formula is C20H27N4O2+. The van der Waals surface area contributed by atoms with Crippen molar-refractivity contribution in [3.05, 3.63) is 65.7 Å². The molecule has 2 aromatic rings. The van der Waals surface area contributed by atoms with E-state index in [-0.39, 0.29) is 5.91 Å². The van der Waals surface area contributed by atoms with Crippen LogP contribution in [0, 0.1) is 0 Å². The quantitative estimate of drug-likeness (QED) is 0.723. The smallest absolute Gasteiger partial charge is 0.321 e. The highest BCUT2D eigenvalue weighted by Gasteiger charge is 2.30. The number of carbonyl (C=O) groups is 2. The van der Waals surface area contributed by atoms with Crippen molar-refractivity contribution >= 4 is 17.6 Å². The molecule has 6 nitrogen and oxygen atoms in total. The van der Waals surface area contributed by atoms with Crippen molar-refractivity contribution < 1.29 is 14.5 Å². The van der Waals surface area contributed by atoms with Crippen LogP contribution in [0.15, 0.2) is 54.6 Å². The largest absolute Gasteiger partial charge is 0.378 e. The van der Waals surface area contributed by atoms with Crippen LogP contribution in [-0.2, 0) is 11.3 Å². The minimum atomic E-state index is -0.501. The molecule has 2 rings (SSSR count). The molecule has 0 spiro atoms. The number of hydrogen-bond donors (Lipinski definition) is 3. The molecule has 2 atom stereocenters. The summed E-state index contributed by atoms with van der Waals surface area (Å²) in [5, 5.41) is 4.83. The maximum absolute atomic E-state index is 12.7. The number of imide groups is 1. The van der Waals surface area contributed by atoms with Gasteiger partial charge >= 0.3 is 6.03 Å². The highest BCUT2D eigenvalue weighted by Crippen LogP contribution is 2.13. The SMILES string of the molecule is CNC(=O)NC(=O)[C@@H](c1ccccc1)[NH+](C)Cc1ccc(N(C)C)cc1. The van der Waals surface area contributed by atoms with Crippen molar-refractivity contribution in [2.24, 2.45) is 0 Å². The zero-order valence-corrected chi connectivity index (χ0v) is 15.7. The maximum atomic E-state index is 12.7. The van der Waals surface area contributed by atoms with Crippen LogP contribution in [0.5, 0.6) is 0 Å². The highest BCUT2D eigenvalue weighted by atomic mass is 16.2. The first kappa shape index (κ1) is 19.5. The summed E-state index contributed by atoms with van der Waals surface area (Å²) in [5.74, 6) is -0.321. The van der Waals surface area contributed by atoms with Crippen molar-refractivity contribution in [3.8, 4) is 0 Å². The lowest BCUT2D eigenvalue weighted by Crippen LogP contribution is -3.09. The third kappa shape index (κ3) is 5.07. The molecule has 0 heterocycles. The van der Waals surface area contributed by atoms with Gasteiger partial charge < -0.3 is 15.1 Å². The zero-order valence-electron chi connectivity index (χ0n) is 15.7. The van der Waals surface area contributed by atoms with E-state index in [1.807, 2.05) is 56.4 Å². The standard InChI is InChI=1S/C20H26N4O2/c1-21-20(26)22-19(25)18(16-8-6-5-7-9-16)24(4)14-15-10-12-17(13-11-15)23(2)3/h5-13,18H,14H2,1-4H3,(H2,21,22,25,26)/p+1/t18-/m1/s1. The van der Waals surface area contributed by atoms with E-state index in [0.29, 0.717) is 6.54 Å². The molecule has 2 aromatic carbocycles. The summed E-state index contributed by atoms with van der Waals surface area (Å²) in [5.41, 5.74) is 3.13. The van der Waals surface area contributed by atoms with Crippen LogP contribution in [-0.4, -0.2) is 40.1 Å². The summed E-state index contributed by atoms with van der Waals surface area (Å²) in [6.45, 7) is 0.661. The second kappa shape index (κ2) is 9.01. The summed E-state index contributed by atoms with van der Waals surface area (Å²) in [7, 11) is 7.45. The topological polar surface area (TPSA) is 65.9 Å². The van der Waals surface area contributed by atoms with E-state index >= 15 is 0 Å². The van der Waals surface area contributed by atoms with E-state index in [1.54, 1.807) is 0 Å². The summed E-state index contributed by atoms with van der Waals surface area (Å²) >= 11 is 0. The molecule has 0 saturated carbocycles. The van der Waals surface area contributed by atoms with Crippen LogP contribution in [0.4, 0.5) is 10.5 Å². The van der Waals surface area contributed by atoms with Crippen LogP contribution < -0.4 is 20.4 Å². The predicted octanol–water partition coefficient (Wildman–Crippen LogP) is 0.964. The lowest BCUT2D eigenvalue weighted by atomic mass is 10.0. The first-order chi connectivity index (χ1) is 12.4. The molecule has 0 aliphatic carbocycles. The van der Waals surface area contributed by atoms with Crippen molar-refractivity contribution in [2.45, 2.75) is 12.6 Å². The number of amides is 3. The fourth-order valence-corrected chi connectivity index (χ4v) is 2.89. The number of rotatable bonds is 6. The van der Waals surface area contributed by atoms with Gasteiger partial charge in [-0.2, -0.15) is 0 Å². The Bertz CT molecular complexity index is 729. The molecular weight excluding hydrogens is 328 g/mol. The summed E-state index contributed by atoms with van der Waals surface area (Å²) in [6, 6.07) is 16.8. The van der Waals surface area contributed by atoms with Crippen LogP contribution in [0.1, 0.15) is 17.2 Å². The average molecular weight is 355 g/mol. The summed E-state index contributed by atoms with van der Waals surface area (Å²) < 4.78 is 0. The number of nitrogens with zero attached hydrogens (tertiary/aromatic N) is 1. The molecule has 0 aliphatic heterocycles. The Labute approximate surface area is 154 Å². The highest BCUT2D eigenvalue weighted by molar-refractivity contribution is 5.96. The Morgan fingerprint density at radius 1 is 1.04 bits per heavy atom. The summed E-state index contributed by atoms with van der Waals surface area (Å²) in [6.07, 6.45) is 0. The first-order valence-electron chi connectivity index (χ1n) is 8.58. The third-order valence-electron chi connectivity index (χ3n) is 4.29. The monoisotopic (exact) mass is 355 g/mol. The summed E-state index contributed by atoms with van der Waals surface area (Å²) in [4.78, 5) is 27.3. The lowest BCUT2D eigenvalue weighted by Gasteiger charge is -2.24. The van der Waals surface area contributed by atoms with Gasteiger partial charge in [-0.3, -0.25) is 10.1 Å². The van der Waals surface area contributed by atoms with Gasteiger partial charge in [-0.15, -0.1) is 0 Å². The average Bonchev–Trinajstić information content (AvgIpc) is 2.63. The van der Waals surface area contributed by atoms with Gasteiger partial charge in [0.15, 0.2) is 6.04 Å². The third-order valence-corrected chi connectivity index (χ3v) is 4.29. The number of hydrogen-bond acceptors (Lipinski definition) is 3. The van der Waals surface area contributed by atoms with E-state index < -0.39 is 12.1 Å². The second-order valence-corrected chi connectivity index (χ2v) is 6.50. The molecule has 0 fully saturated rings. The van der Waals surface area contributed by atoms with Crippen molar-refractivity contribution in [3.63, 3.8) is 0 Å². The van der Waals surface area contributed by atoms with Gasteiger partial charge in [0.2, 0.25) is 0 Å². The molecule has 0 aliphatic rings. The molecule has 0 radical (unpaired) electrons. The molecule has 6 heteroatoms. The molecule has 3 N–H and O–H groups in total. The Morgan fingerprint density at radius 3 is 2.19 bits per heavy atom. The molecule has 1 unspecified atom stereocenters. The van der Waals surface area contributed by atoms with E-state index in [4.69, 9.17) is 0 Å². The Hall–Kier alpha value is -2.86. The van der Waals surface area contributed by atoms with Gasteiger partial charge in [0, 0.05) is 38.0 Å². The van der Waals surface area contributed by atoms with Gasteiger partial charge in [-0.05, 0) is 12.1 Å². The molecule has 0 saturated heterocycles. The lowest BCUT2D eigenvalue weighted by molar-refractivity contribution is -0.916. The number of carbonyl (C=O) groups excluding carboxylic acids is 2. The minimum Gasteiger partial charge on any atom is -0.378 e. The van der Waals surface area contributed by atoms with E-state index in [2.05, 4.69) is 34.9 Å². The van der Waals surface area contributed by atoms with E-state index in [0.717, 1.165) is 21.7 Å². The van der Waals surface area contributed by atoms with Crippen molar-refractivity contribution in [2.75, 3.05) is 33.1 Å². The van der Waals surface area contributed by atoms with Gasteiger partial charge in [-0.25, -0.2) is 4.79 Å². The fraction of sp³-hybridized carbons (Fsp3) is 0.300. The molecule has 26 heavy (non-hydrogen) atoms. The fourth-order valence-electron chi connectivity index (χ4n) is 2.89. The molecule has 0 bridgehead atoms. The number of urea groups is 1. The first-order valence-corrected chi connectivity index (χ1v) is 8.58.